The third-order valence-electron chi connectivity index (χ3n) is 0.481. The van der Waals surface area contributed by atoms with Gasteiger partial charge in [-0.25, -0.2) is 4.39 Å². The van der Waals surface area contributed by atoms with Crippen molar-refractivity contribution in [2.75, 3.05) is 6.54 Å². The number of alkyl halides is 1. The van der Waals surface area contributed by atoms with Gasteiger partial charge in [0.15, 0.2) is 0 Å². The number of hydrogen-bond donors (Lipinski definition) is 1. The molecule has 0 spiro atoms. The summed E-state index contributed by atoms with van der Waals surface area (Å²) in [7, 11) is 0. The second kappa shape index (κ2) is 5.92. The Hall–Kier alpha value is -0.0800. The van der Waals surface area contributed by atoms with E-state index in [2.05, 4.69) is 6.58 Å². The molecule has 0 saturated carbocycles. The monoisotopic (exact) mass is 125 g/mol. The van der Waals surface area contributed by atoms with Crippen LogP contribution < -0.4 is 5.73 Å². The summed E-state index contributed by atoms with van der Waals surface area (Å²) in [6, 6.07) is 0. The Balaban J connectivity index is 0. The molecule has 0 rings (SSSR count). The summed E-state index contributed by atoms with van der Waals surface area (Å²) in [6.45, 7) is 3.22. The highest BCUT2D eigenvalue weighted by molar-refractivity contribution is 5.85. The van der Waals surface area contributed by atoms with Crippen LogP contribution in [0.2, 0.25) is 0 Å². The molecule has 0 amide bonds. The van der Waals surface area contributed by atoms with Gasteiger partial charge in [0.2, 0.25) is 0 Å². The van der Waals surface area contributed by atoms with Gasteiger partial charge in [0, 0.05) is 6.54 Å². The van der Waals surface area contributed by atoms with E-state index in [0.717, 1.165) is 0 Å². The van der Waals surface area contributed by atoms with Crippen molar-refractivity contribution in [3.8, 4) is 0 Å². The highest BCUT2D eigenvalue weighted by atomic mass is 35.5. The van der Waals surface area contributed by atoms with Crippen molar-refractivity contribution in [3.63, 3.8) is 0 Å². The van der Waals surface area contributed by atoms with Crippen molar-refractivity contribution >= 4 is 12.4 Å². The predicted molar refractivity (Wildman–Crippen MR) is 31.4 cm³/mol. The smallest absolute Gasteiger partial charge is 0.130 e. The fourth-order valence-electron chi connectivity index (χ4n) is 0.0962. The lowest BCUT2D eigenvalue weighted by Crippen LogP contribution is -2.11. The molecule has 1 unspecified atom stereocenters. The van der Waals surface area contributed by atoms with Crippen molar-refractivity contribution in [2.24, 2.45) is 5.73 Å². The lowest BCUT2D eigenvalue weighted by Gasteiger charge is -1.89. The van der Waals surface area contributed by atoms with E-state index >= 15 is 0 Å². The van der Waals surface area contributed by atoms with Crippen molar-refractivity contribution in [1.82, 2.24) is 0 Å². The summed E-state index contributed by atoms with van der Waals surface area (Å²) < 4.78 is 11.6. The zero-order chi connectivity index (χ0) is 4.99. The maximum atomic E-state index is 11.6. The highest BCUT2D eigenvalue weighted by Gasteiger charge is 1.90. The zero-order valence-electron chi connectivity index (χ0n) is 3.93. The molecule has 7 heavy (non-hydrogen) atoms. The summed E-state index contributed by atoms with van der Waals surface area (Å²) in [5, 5.41) is 0. The van der Waals surface area contributed by atoms with Gasteiger partial charge in [-0.1, -0.05) is 6.08 Å². The number of halogens is 2. The molecule has 0 aromatic carbocycles. The van der Waals surface area contributed by atoms with Crippen LogP contribution in [0.5, 0.6) is 0 Å². The van der Waals surface area contributed by atoms with E-state index in [4.69, 9.17) is 5.73 Å². The average Bonchev–Trinajstić information content (AvgIpc) is 1.65. The van der Waals surface area contributed by atoms with E-state index < -0.39 is 6.17 Å². The zero-order valence-corrected chi connectivity index (χ0v) is 4.75. The molecule has 2 N–H and O–H groups in total. The summed E-state index contributed by atoms with van der Waals surface area (Å²) in [5.74, 6) is 0. The van der Waals surface area contributed by atoms with Crippen LogP contribution in [0.3, 0.4) is 0 Å². The van der Waals surface area contributed by atoms with E-state index in [1.165, 1.54) is 6.08 Å². The molecule has 0 radical (unpaired) electrons. The Bertz CT molecular complexity index is 49.0. The minimum atomic E-state index is -1.02. The maximum Gasteiger partial charge on any atom is 0.130 e. The molecular formula is C4H9ClFN. The third kappa shape index (κ3) is 5.92. The molecule has 0 aliphatic carbocycles. The first-order valence-electron chi connectivity index (χ1n) is 1.78. The van der Waals surface area contributed by atoms with Crippen LogP contribution in [0.15, 0.2) is 12.7 Å². The summed E-state index contributed by atoms with van der Waals surface area (Å²) in [6.07, 6.45) is 0.157. The lowest BCUT2D eigenvalue weighted by molar-refractivity contribution is 0.409. The van der Waals surface area contributed by atoms with Gasteiger partial charge in [-0.2, -0.15) is 0 Å². The highest BCUT2D eigenvalue weighted by Crippen LogP contribution is 1.83. The van der Waals surface area contributed by atoms with E-state index in [1.807, 2.05) is 0 Å². The van der Waals surface area contributed by atoms with Crippen LogP contribution in [0.1, 0.15) is 0 Å². The van der Waals surface area contributed by atoms with E-state index in [1.54, 1.807) is 0 Å². The minimum Gasteiger partial charge on any atom is -0.327 e. The van der Waals surface area contributed by atoms with E-state index in [9.17, 15) is 4.39 Å². The van der Waals surface area contributed by atoms with Gasteiger partial charge in [-0.15, -0.1) is 19.0 Å². The first kappa shape index (κ1) is 10.0. The molecule has 0 bridgehead atoms. The number of rotatable bonds is 2. The fourth-order valence-corrected chi connectivity index (χ4v) is 0.0962. The topological polar surface area (TPSA) is 26.0 Å². The maximum absolute atomic E-state index is 11.6. The minimum absolute atomic E-state index is 0. The summed E-state index contributed by atoms with van der Waals surface area (Å²) in [4.78, 5) is 0. The van der Waals surface area contributed by atoms with Gasteiger partial charge in [-0.05, 0) is 0 Å². The predicted octanol–water partition coefficient (Wildman–Crippen LogP) is 0.891. The molecule has 0 saturated heterocycles. The second-order valence-electron chi connectivity index (χ2n) is 0.987. The third-order valence-corrected chi connectivity index (χ3v) is 0.481. The molecule has 1 atom stereocenters. The summed E-state index contributed by atoms with van der Waals surface area (Å²) in [5.41, 5.74) is 4.84. The van der Waals surface area contributed by atoms with Gasteiger partial charge < -0.3 is 5.73 Å². The fraction of sp³-hybridized carbons (Fsp3) is 0.500. The van der Waals surface area contributed by atoms with Crippen molar-refractivity contribution in [3.05, 3.63) is 12.7 Å². The number of hydrogen-bond acceptors (Lipinski definition) is 1. The van der Waals surface area contributed by atoms with Gasteiger partial charge in [0.1, 0.15) is 6.17 Å². The van der Waals surface area contributed by atoms with Crippen LogP contribution in [-0.2, 0) is 0 Å². The molecule has 44 valence electrons. The molecule has 0 aliphatic heterocycles. The van der Waals surface area contributed by atoms with Crippen LogP contribution >= 0.6 is 12.4 Å². The molecule has 0 fully saturated rings. The largest absolute Gasteiger partial charge is 0.327 e. The van der Waals surface area contributed by atoms with E-state index in [-0.39, 0.29) is 19.0 Å². The van der Waals surface area contributed by atoms with Gasteiger partial charge >= 0.3 is 0 Å². The van der Waals surface area contributed by atoms with Crippen molar-refractivity contribution < 1.29 is 4.39 Å². The Morgan fingerprint density at radius 2 is 2.29 bits per heavy atom. The standard InChI is InChI=1S/C4H8FN.ClH/c1-2-4(5)3-6;/h2,4H,1,3,6H2;1H. The van der Waals surface area contributed by atoms with Gasteiger partial charge in [0.05, 0.1) is 0 Å². The first-order chi connectivity index (χ1) is 2.81. The summed E-state index contributed by atoms with van der Waals surface area (Å²) >= 11 is 0. The molecule has 1 nitrogen and oxygen atoms in total. The normalized spacial score (nSPS) is 11.7. The van der Waals surface area contributed by atoms with Crippen LogP contribution in [0.25, 0.3) is 0 Å². The second-order valence-corrected chi connectivity index (χ2v) is 0.987. The van der Waals surface area contributed by atoms with Gasteiger partial charge in [0.25, 0.3) is 0 Å². The van der Waals surface area contributed by atoms with Gasteiger partial charge in [-0.3, -0.25) is 0 Å². The van der Waals surface area contributed by atoms with Crippen LogP contribution in [0.4, 0.5) is 4.39 Å². The average molecular weight is 126 g/mol. The Morgan fingerprint density at radius 3 is 2.29 bits per heavy atom. The Labute approximate surface area is 48.8 Å². The molecule has 0 heterocycles. The van der Waals surface area contributed by atoms with Crippen molar-refractivity contribution in [1.29, 1.82) is 0 Å². The van der Waals surface area contributed by atoms with Crippen LogP contribution in [-0.4, -0.2) is 12.7 Å². The molecule has 3 heteroatoms. The molecular weight excluding hydrogens is 117 g/mol. The first-order valence-corrected chi connectivity index (χ1v) is 1.78. The molecule has 0 aromatic rings. The molecule has 0 aromatic heterocycles. The van der Waals surface area contributed by atoms with Crippen molar-refractivity contribution in [2.45, 2.75) is 6.17 Å². The quantitative estimate of drug-likeness (QED) is 0.545. The lowest BCUT2D eigenvalue weighted by atomic mass is 10.4. The number of nitrogens with two attached hydrogens (primary N) is 1. The Kier molecular flexibility index (Phi) is 8.47. The van der Waals surface area contributed by atoms with Crippen LogP contribution in [0, 0.1) is 0 Å². The Morgan fingerprint density at radius 1 is 1.86 bits per heavy atom. The SMILES string of the molecule is C=CC(F)CN.Cl. The molecule has 0 aliphatic rings. The van der Waals surface area contributed by atoms with E-state index in [0.29, 0.717) is 0 Å².